The first-order valence-corrected chi connectivity index (χ1v) is 28.5. The number of benzene rings is 9. The number of aromatic nitrogens is 1. The van der Waals surface area contributed by atoms with Crippen LogP contribution in [0.1, 0.15) is 157 Å². The van der Waals surface area contributed by atoms with Crippen molar-refractivity contribution in [2.45, 2.75) is 150 Å². The van der Waals surface area contributed by atoms with Gasteiger partial charge in [-0.2, -0.15) is 0 Å². The molecule has 1 aliphatic rings. The second-order valence-corrected chi connectivity index (χ2v) is 28.5. The van der Waals surface area contributed by atoms with E-state index in [1.165, 1.54) is 116 Å². The summed E-state index contributed by atoms with van der Waals surface area (Å²) in [5, 5.41) is 7.77. The summed E-state index contributed by atoms with van der Waals surface area (Å²) < 4.78 is 2.61. The Hall–Kier alpha value is -7.36. The van der Waals surface area contributed by atoms with E-state index in [-0.39, 0.29) is 32.5 Å². The molecule has 0 spiro atoms. The second kappa shape index (κ2) is 17.3. The predicted molar refractivity (Wildman–Crippen MR) is 339 cm³/mol. The van der Waals surface area contributed by atoms with E-state index in [1.54, 1.807) is 0 Å². The summed E-state index contributed by atoms with van der Waals surface area (Å²) >= 11 is 0. The lowest BCUT2D eigenvalue weighted by Gasteiger charge is -2.32. The molecule has 0 fully saturated rings. The maximum atomic E-state index is 2.61. The van der Waals surface area contributed by atoms with Crippen LogP contribution >= 0.6 is 0 Å². The number of fused-ring (bicyclic) bond motifs is 11. The van der Waals surface area contributed by atoms with Gasteiger partial charge in [-0.1, -0.05) is 190 Å². The molecule has 9 aromatic carbocycles. The molecule has 3 nitrogen and oxygen atoms in total. The summed E-state index contributed by atoms with van der Waals surface area (Å²) in [5.74, 6) is 0. The van der Waals surface area contributed by atoms with Crippen molar-refractivity contribution in [3.63, 3.8) is 0 Å². The molecule has 0 N–H and O–H groups in total. The average Bonchev–Trinajstić information content (AvgIpc) is 2.61. The van der Waals surface area contributed by atoms with E-state index in [0.717, 1.165) is 17.1 Å². The Morgan fingerprint density at radius 1 is 0.321 bits per heavy atom. The number of rotatable bonds is 6. The Kier molecular flexibility index (Phi) is 11.4. The van der Waals surface area contributed by atoms with Crippen LogP contribution in [0.2, 0.25) is 0 Å². The molecular formula is C75H79N3. The maximum Gasteiger partial charge on any atom is 0.0620 e. The SMILES string of the molecule is CC(C)(C)c1cc(N(c2ccccc2)c2ccc3c(c2)C(C)(C)c2ccc4cc5c6cc(C(C)(C)C)cc7c8ccc(N(c9ccccc9)c9cc(C(C)(C)C)cc(C(C)(C)C)c9)cc8n(c5cc4c2-3)c76)cc(C(C)(C)C)c1. The van der Waals surface area contributed by atoms with Crippen LogP contribution in [0.25, 0.3) is 60.0 Å². The molecule has 11 aromatic rings. The van der Waals surface area contributed by atoms with Crippen LogP contribution in [0.3, 0.4) is 0 Å². The first-order valence-electron chi connectivity index (χ1n) is 28.5. The van der Waals surface area contributed by atoms with Crippen molar-refractivity contribution in [3.8, 4) is 11.1 Å². The van der Waals surface area contributed by atoms with Crippen LogP contribution in [0, 0.1) is 0 Å². The summed E-state index contributed by atoms with van der Waals surface area (Å²) in [7, 11) is 0. The van der Waals surface area contributed by atoms with Crippen LogP contribution in [0.15, 0.2) is 170 Å². The Balaban J connectivity index is 1.10. The van der Waals surface area contributed by atoms with Crippen molar-refractivity contribution in [2.75, 3.05) is 9.80 Å². The zero-order chi connectivity index (χ0) is 55.4. The van der Waals surface area contributed by atoms with E-state index in [4.69, 9.17) is 0 Å². The Morgan fingerprint density at radius 2 is 0.756 bits per heavy atom. The number of hydrogen-bond donors (Lipinski definition) is 0. The first-order chi connectivity index (χ1) is 36.6. The molecule has 0 saturated heterocycles. The van der Waals surface area contributed by atoms with Gasteiger partial charge in [0, 0.05) is 61.1 Å². The van der Waals surface area contributed by atoms with Crippen LogP contribution in [0.4, 0.5) is 34.1 Å². The molecular weight excluding hydrogens is 943 g/mol. The average molecular weight is 1020 g/mol. The molecule has 3 heteroatoms. The van der Waals surface area contributed by atoms with Gasteiger partial charge in [-0.05, 0) is 185 Å². The minimum Gasteiger partial charge on any atom is -0.310 e. The van der Waals surface area contributed by atoms with Gasteiger partial charge < -0.3 is 14.2 Å². The number of nitrogens with zero attached hydrogens (tertiary/aromatic N) is 3. The molecule has 2 aromatic heterocycles. The standard InChI is InChI=1S/C75H79N3/c1-70(2,3)47-35-48(71(4,5)6)38-56(37-47)76(52-24-20-18-21-25-52)54-30-32-59-65(43-54)75(16,17)64-33-28-46-34-61-63-42-51(74(13,14)15)41-62-58-31-29-55(44-66(58)78(69(62)63)67(61)45-60(46)68(59)64)77(53-26-22-19-23-27-53)57-39-49(72(7,8)9)36-50(40-57)73(10,11)12/h18-45H,1-17H3. The quantitative estimate of drug-likeness (QED) is 0.164. The fourth-order valence-corrected chi connectivity index (χ4v) is 12.5. The van der Waals surface area contributed by atoms with Crippen molar-refractivity contribution in [2.24, 2.45) is 0 Å². The molecule has 0 bridgehead atoms. The normalized spacial score (nSPS) is 14.1. The Morgan fingerprint density at radius 3 is 1.24 bits per heavy atom. The van der Waals surface area contributed by atoms with Crippen LogP contribution in [-0.4, -0.2) is 4.40 Å². The van der Waals surface area contributed by atoms with Gasteiger partial charge in [0.25, 0.3) is 0 Å². The van der Waals surface area contributed by atoms with Gasteiger partial charge in [0.05, 0.1) is 16.6 Å². The number of hydrogen-bond acceptors (Lipinski definition) is 2. The van der Waals surface area contributed by atoms with Crippen molar-refractivity contribution in [3.05, 3.63) is 209 Å². The Labute approximate surface area is 464 Å². The highest BCUT2D eigenvalue weighted by Gasteiger charge is 2.38. The largest absolute Gasteiger partial charge is 0.310 e. The van der Waals surface area contributed by atoms with Gasteiger partial charge in [0.1, 0.15) is 0 Å². The molecule has 1 aliphatic carbocycles. The number of anilines is 6. The highest BCUT2D eigenvalue weighted by atomic mass is 15.1. The molecule has 0 unspecified atom stereocenters. The van der Waals surface area contributed by atoms with Crippen molar-refractivity contribution < 1.29 is 0 Å². The third kappa shape index (κ3) is 8.38. The molecule has 394 valence electrons. The van der Waals surface area contributed by atoms with E-state index in [2.05, 4.69) is 302 Å². The lowest BCUT2D eigenvalue weighted by molar-refractivity contribution is 0.568. The first kappa shape index (κ1) is 51.4. The van der Waals surface area contributed by atoms with E-state index in [1.807, 2.05) is 0 Å². The predicted octanol–water partition coefficient (Wildman–Crippen LogP) is 21.7. The summed E-state index contributed by atoms with van der Waals surface area (Å²) in [4.78, 5) is 4.97. The zero-order valence-electron chi connectivity index (χ0n) is 49.5. The fourth-order valence-electron chi connectivity index (χ4n) is 12.5. The smallest absolute Gasteiger partial charge is 0.0620 e. The van der Waals surface area contributed by atoms with Crippen LogP contribution in [-0.2, 0) is 32.5 Å². The van der Waals surface area contributed by atoms with Crippen LogP contribution in [0.5, 0.6) is 0 Å². The molecule has 78 heavy (non-hydrogen) atoms. The summed E-state index contributed by atoms with van der Waals surface area (Å²) in [6, 6.07) is 65.8. The van der Waals surface area contributed by atoms with E-state index in [0.29, 0.717) is 0 Å². The van der Waals surface area contributed by atoms with Gasteiger partial charge in [-0.25, -0.2) is 0 Å². The lowest BCUT2D eigenvalue weighted by atomic mass is 9.80. The van der Waals surface area contributed by atoms with Gasteiger partial charge in [-0.15, -0.1) is 0 Å². The second-order valence-electron chi connectivity index (χ2n) is 28.5. The molecule has 0 atom stereocenters. The van der Waals surface area contributed by atoms with Crippen molar-refractivity contribution in [1.82, 2.24) is 4.40 Å². The van der Waals surface area contributed by atoms with Gasteiger partial charge >= 0.3 is 0 Å². The highest BCUT2D eigenvalue weighted by Crippen LogP contribution is 2.55. The third-order valence-corrected chi connectivity index (χ3v) is 17.4. The summed E-state index contributed by atoms with van der Waals surface area (Å²) in [5.41, 5.74) is 22.5. The minimum absolute atomic E-state index is 0.0178. The van der Waals surface area contributed by atoms with Gasteiger partial charge in [0.15, 0.2) is 0 Å². The molecule has 0 amide bonds. The fraction of sp³-hybridized carbons (Fsp3) is 0.307. The summed E-state index contributed by atoms with van der Waals surface area (Å²) in [6.45, 7) is 39.9. The summed E-state index contributed by atoms with van der Waals surface area (Å²) in [6.07, 6.45) is 0. The number of para-hydroxylation sites is 2. The van der Waals surface area contributed by atoms with Crippen LogP contribution < -0.4 is 9.80 Å². The van der Waals surface area contributed by atoms with E-state index in [9.17, 15) is 0 Å². The maximum absolute atomic E-state index is 2.61. The molecule has 2 heterocycles. The van der Waals surface area contributed by atoms with Crippen molar-refractivity contribution in [1.29, 1.82) is 0 Å². The van der Waals surface area contributed by atoms with E-state index < -0.39 is 0 Å². The van der Waals surface area contributed by atoms with Gasteiger partial charge in [-0.3, -0.25) is 0 Å². The topological polar surface area (TPSA) is 10.9 Å². The zero-order valence-corrected chi connectivity index (χ0v) is 49.5. The lowest BCUT2D eigenvalue weighted by Crippen LogP contribution is -2.19. The van der Waals surface area contributed by atoms with Gasteiger partial charge in [0.2, 0.25) is 0 Å². The van der Waals surface area contributed by atoms with E-state index >= 15 is 0 Å². The monoisotopic (exact) mass is 1020 g/mol. The minimum atomic E-state index is -0.245. The highest BCUT2D eigenvalue weighted by molar-refractivity contribution is 6.26. The molecule has 0 radical (unpaired) electrons. The molecule has 0 aliphatic heterocycles. The Bertz CT molecular complexity index is 4100. The third-order valence-electron chi connectivity index (χ3n) is 17.4. The van der Waals surface area contributed by atoms with Crippen molar-refractivity contribution >= 4 is 83.0 Å². The molecule has 0 saturated carbocycles. The molecule has 12 rings (SSSR count).